The van der Waals surface area contributed by atoms with Gasteiger partial charge in [-0.15, -0.1) is 0 Å². The van der Waals surface area contributed by atoms with E-state index in [1.165, 1.54) is 43.1 Å². The van der Waals surface area contributed by atoms with E-state index in [-0.39, 0.29) is 0 Å². The van der Waals surface area contributed by atoms with Crippen LogP contribution in [0.5, 0.6) is 0 Å². The van der Waals surface area contributed by atoms with Crippen molar-refractivity contribution in [2.24, 2.45) is 0 Å². The van der Waals surface area contributed by atoms with E-state index in [1.807, 2.05) is 18.2 Å². The zero-order valence-electron chi connectivity index (χ0n) is 41.1. The van der Waals surface area contributed by atoms with Crippen LogP contribution in [0.25, 0.3) is 137 Å². The SMILES string of the molecule is c1ccc(N(c2ccc(-c3ccc4c(c3)c3cc(-c5cccc6c5oc5ccccc56)ccc3n4-c3ccc4c5ccccc5c5ccccc5c4c3)cc2)c2ccc(-c3cccc4oc5ccccc5c34)cc2)cc1. The van der Waals surface area contributed by atoms with E-state index < -0.39 is 0 Å². The minimum atomic E-state index is 0.896. The van der Waals surface area contributed by atoms with Crippen LogP contribution in [0.2, 0.25) is 0 Å². The zero-order valence-corrected chi connectivity index (χ0v) is 41.1. The van der Waals surface area contributed by atoms with Crippen LogP contribution in [-0.4, -0.2) is 4.57 Å². The largest absolute Gasteiger partial charge is 0.456 e. The van der Waals surface area contributed by atoms with Gasteiger partial charge in [-0.3, -0.25) is 0 Å². The molecule has 0 atom stereocenters. The summed E-state index contributed by atoms with van der Waals surface area (Å²) >= 11 is 0. The van der Waals surface area contributed by atoms with Gasteiger partial charge < -0.3 is 18.3 Å². The number of hydrogen-bond acceptors (Lipinski definition) is 3. The van der Waals surface area contributed by atoms with E-state index in [2.05, 4.69) is 258 Å². The van der Waals surface area contributed by atoms with Crippen LogP contribution >= 0.6 is 0 Å². The monoisotopic (exact) mass is 968 g/mol. The van der Waals surface area contributed by atoms with Crippen LogP contribution in [0.1, 0.15) is 0 Å². The van der Waals surface area contributed by atoms with Crippen molar-refractivity contribution in [3.05, 3.63) is 267 Å². The molecule has 16 rings (SSSR count). The number of rotatable bonds is 7. The van der Waals surface area contributed by atoms with Crippen LogP contribution in [0.4, 0.5) is 17.1 Å². The van der Waals surface area contributed by atoms with Crippen molar-refractivity contribution in [3.8, 4) is 39.1 Å². The summed E-state index contributed by atoms with van der Waals surface area (Å²) in [6.45, 7) is 0. The number of para-hydroxylation sites is 4. The molecular weight excluding hydrogens is 925 g/mol. The maximum absolute atomic E-state index is 6.61. The van der Waals surface area contributed by atoms with Crippen LogP contribution < -0.4 is 4.90 Å². The molecule has 0 amide bonds. The van der Waals surface area contributed by atoms with Crippen LogP contribution in [0, 0.1) is 0 Å². The lowest BCUT2D eigenvalue weighted by molar-refractivity contribution is 0.669. The van der Waals surface area contributed by atoms with Gasteiger partial charge in [-0.1, -0.05) is 176 Å². The highest BCUT2D eigenvalue weighted by Crippen LogP contribution is 2.44. The Labute approximate surface area is 437 Å². The minimum absolute atomic E-state index is 0.896. The number of fused-ring (bicyclic) bond motifs is 15. The summed E-state index contributed by atoms with van der Waals surface area (Å²) in [7, 11) is 0. The fourth-order valence-corrected chi connectivity index (χ4v) is 12.3. The molecule has 0 radical (unpaired) electrons. The second-order valence-corrected chi connectivity index (χ2v) is 19.9. The van der Waals surface area contributed by atoms with Gasteiger partial charge >= 0.3 is 0 Å². The Bertz CT molecular complexity index is 4950. The van der Waals surface area contributed by atoms with Gasteiger partial charge in [-0.25, -0.2) is 0 Å². The van der Waals surface area contributed by atoms with Crippen molar-refractivity contribution >= 4 is 115 Å². The molecule has 0 aliphatic heterocycles. The Morgan fingerprint density at radius 1 is 0.263 bits per heavy atom. The highest BCUT2D eigenvalue weighted by molar-refractivity contribution is 6.26. The zero-order chi connectivity index (χ0) is 49.8. The van der Waals surface area contributed by atoms with E-state index >= 15 is 0 Å². The fourth-order valence-electron chi connectivity index (χ4n) is 12.3. The molecule has 0 spiro atoms. The highest BCUT2D eigenvalue weighted by Gasteiger charge is 2.20. The number of benzene rings is 13. The quantitative estimate of drug-likeness (QED) is 0.149. The Morgan fingerprint density at radius 2 is 0.750 bits per heavy atom. The lowest BCUT2D eigenvalue weighted by Crippen LogP contribution is -2.09. The van der Waals surface area contributed by atoms with Crippen molar-refractivity contribution in [2.45, 2.75) is 0 Å². The molecule has 4 nitrogen and oxygen atoms in total. The molecule has 0 fully saturated rings. The smallest absolute Gasteiger partial charge is 0.143 e. The number of furan rings is 2. The third-order valence-corrected chi connectivity index (χ3v) is 15.8. The normalized spacial score (nSPS) is 11.9. The first-order valence-electron chi connectivity index (χ1n) is 26.0. The van der Waals surface area contributed by atoms with Gasteiger partial charge in [0.1, 0.15) is 22.3 Å². The number of anilines is 3. The third-order valence-electron chi connectivity index (χ3n) is 15.8. The molecule has 76 heavy (non-hydrogen) atoms. The average Bonchev–Trinajstić information content (AvgIpc) is 4.27. The van der Waals surface area contributed by atoms with Crippen molar-refractivity contribution in [1.82, 2.24) is 4.57 Å². The van der Waals surface area contributed by atoms with E-state index in [0.717, 1.165) is 111 Å². The Kier molecular flexibility index (Phi) is 9.30. The minimum Gasteiger partial charge on any atom is -0.456 e. The molecule has 0 aliphatic carbocycles. The van der Waals surface area contributed by atoms with Crippen molar-refractivity contribution in [2.75, 3.05) is 4.90 Å². The second-order valence-electron chi connectivity index (χ2n) is 19.9. The van der Waals surface area contributed by atoms with E-state index in [0.29, 0.717) is 0 Å². The first-order valence-corrected chi connectivity index (χ1v) is 26.0. The Balaban J connectivity index is 0.832. The Morgan fingerprint density at radius 3 is 1.45 bits per heavy atom. The summed E-state index contributed by atoms with van der Waals surface area (Å²) in [4.78, 5) is 2.33. The maximum Gasteiger partial charge on any atom is 0.143 e. The van der Waals surface area contributed by atoms with Crippen LogP contribution in [-0.2, 0) is 0 Å². The van der Waals surface area contributed by atoms with Crippen molar-refractivity contribution in [3.63, 3.8) is 0 Å². The van der Waals surface area contributed by atoms with Crippen LogP contribution in [0.15, 0.2) is 276 Å². The van der Waals surface area contributed by atoms with E-state index in [1.54, 1.807) is 0 Å². The fraction of sp³-hybridized carbons (Fsp3) is 0. The molecule has 3 heterocycles. The number of aromatic nitrogens is 1. The first kappa shape index (κ1) is 42.4. The first-order chi connectivity index (χ1) is 37.7. The summed E-state index contributed by atoms with van der Waals surface area (Å²) in [6, 6.07) is 96.5. The highest BCUT2D eigenvalue weighted by atomic mass is 16.3. The van der Waals surface area contributed by atoms with Crippen molar-refractivity contribution in [1.29, 1.82) is 0 Å². The summed E-state index contributed by atoms with van der Waals surface area (Å²) in [5, 5.41) is 14.4. The second kappa shape index (κ2) is 16.7. The molecule has 0 unspecified atom stereocenters. The Hall–Kier alpha value is -10.2. The molecule has 354 valence electrons. The van der Waals surface area contributed by atoms with Gasteiger partial charge in [-0.05, 0) is 151 Å². The number of nitrogens with zero attached hydrogens (tertiary/aromatic N) is 2. The van der Waals surface area contributed by atoms with E-state index in [4.69, 9.17) is 8.83 Å². The van der Waals surface area contributed by atoms with E-state index in [9.17, 15) is 0 Å². The predicted molar refractivity (Wildman–Crippen MR) is 319 cm³/mol. The van der Waals surface area contributed by atoms with Gasteiger partial charge in [0.25, 0.3) is 0 Å². The molecule has 16 aromatic rings. The summed E-state index contributed by atoms with van der Waals surface area (Å²) in [5.74, 6) is 0. The van der Waals surface area contributed by atoms with Gasteiger partial charge in [-0.2, -0.15) is 0 Å². The summed E-state index contributed by atoms with van der Waals surface area (Å²) in [5.41, 5.74) is 17.0. The maximum atomic E-state index is 6.61. The molecule has 0 saturated carbocycles. The van der Waals surface area contributed by atoms with Crippen molar-refractivity contribution < 1.29 is 8.83 Å². The lowest BCUT2D eigenvalue weighted by atomic mass is 9.94. The third kappa shape index (κ3) is 6.51. The molecule has 0 N–H and O–H groups in total. The molecule has 0 bridgehead atoms. The van der Waals surface area contributed by atoms with Crippen LogP contribution in [0.3, 0.4) is 0 Å². The topological polar surface area (TPSA) is 34.5 Å². The molecular formula is C72H44N2O2. The average molecular weight is 969 g/mol. The predicted octanol–water partition coefficient (Wildman–Crippen LogP) is 20.5. The summed E-state index contributed by atoms with van der Waals surface area (Å²) < 4.78 is 15.3. The lowest BCUT2D eigenvalue weighted by Gasteiger charge is -2.26. The molecule has 0 saturated heterocycles. The summed E-state index contributed by atoms with van der Waals surface area (Å²) in [6.07, 6.45) is 0. The molecule has 13 aromatic carbocycles. The van der Waals surface area contributed by atoms with Gasteiger partial charge in [0.05, 0.1) is 11.0 Å². The van der Waals surface area contributed by atoms with Gasteiger partial charge in [0.2, 0.25) is 0 Å². The molecule has 0 aliphatic rings. The molecule has 4 heteroatoms. The van der Waals surface area contributed by atoms with Gasteiger partial charge in [0, 0.05) is 60.6 Å². The standard InChI is InChI=1S/C72H44N2O2/c1-2-14-49(15-3-1)73(51-36-30-46(31-37-51)53-22-13-27-70-71(53)62-21-9-11-26-69(62)75-70)50-34-28-45(29-35-50)47-32-40-66-64(42-47)65-43-48(54-23-12-24-61-60-20-8-10-25-68(60)76-72(54)61)33-41-67(65)74(66)52-38-39-59-57-18-5-4-16-55(57)56-17-6-7-19-58(56)63(59)44-52/h1-44H. The molecule has 3 aromatic heterocycles. The van der Waals surface area contributed by atoms with Gasteiger partial charge in [0.15, 0.2) is 0 Å². The number of hydrogen-bond donors (Lipinski definition) is 0.